The van der Waals surface area contributed by atoms with Gasteiger partial charge in [-0.05, 0) is 24.5 Å². The van der Waals surface area contributed by atoms with Crippen molar-refractivity contribution in [2.45, 2.75) is 26.7 Å². The number of nitrogens with one attached hydrogen (secondary N) is 1. The molecule has 0 spiro atoms. The Morgan fingerprint density at radius 2 is 2.00 bits per heavy atom. The summed E-state index contributed by atoms with van der Waals surface area (Å²) in [7, 11) is -0.980. The Morgan fingerprint density at radius 3 is 2.57 bits per heavy atom. The van der Waals surface area contributed by atoms with Gasteiger partial charge in [-0.15, -0.1) is 0 Å². The van der Waals surface area contributed by atoms with E-state index in [2.05, 4.69) is 19.2 Å². The minimum atomic E-state index is -0.980. The lowest BCUT2D eigenvalue weighted by Gasteiger charge is -2.11. The van der Waals surface area contributed by atoms with E-state index in [1.165, 1.54) is 12.1 Å². The van der Waals surface area contributed by atoms with Crippen LogP contribution in [0.15, 0.2) is 12.1 Å². The molecule has 4 nitrogen and oxygen atoms in total. The molecule has 0 fully saturated rings. The highest BCUT2D eigenvalue weighted by Gasteiger charge is 2.12. The van der Waals surface area contributed by atoms with E-state index in [1.54, 1.807) is 0 Å². The largest absolute Gasteiger partial charge is 0.397 e. The van der Waals surface area contributed by atoms with E-state index >= 15 is 0 Å². The Bertz CT molecular complexity index is 513. The van der Waals surface area contributed by atoms with Crippen molar-refractivity contribution in [1.29, 1.82) is 0 Å². The van der Waals surface area contributed by atoms with Crippen LogP contribution in [0.5, 0.6) is 0 Å². The van der Waals surface area contributed by atoms with Gasteiger partial charge in [-0.25, -0.2) is 0 Å². The first kappa shape index (κ1) is 18.3. The molecule has 1 amide bonds. The maximum Gasteiger partial charge on any atom is 0.225 e. The molecule has 0 aromatic heterocycles. The minimum absolute atomic E-state index is 0.170. The van der Waals surface area contributed by atoms with Crippen LogP contribution in [-0.4, -0.2) is 21.6 Å². The number of hydrogen-bond acceptors (Lipinski definition) is 3. The predicted octanol–water partition coefficient (Wildman–Crippen LogP) is 3.70. The van der Waals surface area contributed by atoms with E-state index in [0.717, 1.165) is 6.42 Å². The molecule has 0 heterocycles. The Hall–Kier alpha value is -0.780. The molecule has 7 heteroatoms. The molecule has 0 aliphatic heterocycles. The van der Waals surface area contributed by atoms with E-state index in [0.29, 0.717) is 33.8 Å². The van der Waals surface area contributed by atoms with Crippen molar-refractivity contribution < 1.29 is 9.00 Å². The number of carbonyl (C=O) groups excluding carboxylic acids is 1. The first-order chi connectivity index (χ1) is 9.79. The van der Waals surface area contributed by atoms with Gasteiger partial charge in [0.15, 0.2) is 0 Å². The van der Waals surface area contributed by atoms with Crippen molar-refractivity contribution in [3.8, 4) is 0 Å². The number of nitrogen functional groups attached to an aromatic ring is 1. The highest BCUT2D eigenvalue weighted by atomic mass is 35.5. The van der Waals surface area contributed by atoms with E-state index < -0.39 is 10.8 Å². The second-order valence-electron chi connectivity index (χ2n) is 5.18. The van der Waals surface area contributed by atoms with Gasteiger partial charge in [-0.1, -0.05) is 37.0 Å². The monoisotopic (exact) mass is 350 g/mol. The topological polar surface area (TPSA) is 72.2 Å². The summed E-state index contributed by atoms with van der Waals surface area (Å²) in [6.07, 6.45) is 1.06. The molecule has 0 radical (unpaired) electrons. The average Bonchev–Trinajstić information content (AvgIpc) is 2.38. The van der Waals surface area contributed by atoms with Crippen LogP contribution in [0.3, 0.4) is 0 Å². The van der Waals surface area contributed by atoms with Crippen molar-refractivity contribution in [3.05, 3.63) is 22.2 Å². The van der Waals surface area contributed by atoms with Crippen LogP contribution in [-0.2, 0) is 15.6 Å². The van der Waals surface area contributed by atoms with Gasteiger partial charge in [-0.3, -0.25) is 9.00 Å². The molecule has 0 bridgehead atoms. The Morgan fingerprint density at radius 1 is 1.33 bits per heavy atom. The summed E-state index contributed by atoms with van der Waals surface area (Å²) < 4.78 is 11.7. The van der Waals surface area contributed by atoms with Crippen LogP contribution in [0.25, 0.3) is 0 Å². The fourth-order valence-corrected chi connectivity index (χ4v) is 3.51. The van der Waals surface area contributed by atoms with E-state index in [9.17, 15) is 9.00 Å². The summed E-state index contributed by atoms with van der Waals surface area (Å²) in [5.74, 6) is 1.21. The lowest BCUT2D eigenvalue weighted by Crippen LogP contribution is -2.17. The SMILES string of the molecule is CC(C)CCS(=O)CCC(=O)Nc1c(N)cc(Cl)cc1Cl. The van der Waals surface area contributed by atoms with Crippen LogP contribution in [0.4, 0.5) is 11.4 Å². The molecule has 3 N–H and O–H groups in total. The van der Waals surface area contributed by atoms with Crippen molar-refractivity contribution in [3.63, 3.8) is 0 Å². The number of benzene rings is 1. The molecule has 1 atom stereocenters. The summed E-state index contributed by atoms with van der Waals surface area (Å²) in [6, 6.07) is 3.03. The van der Waals surface area contributed by atoms with Crippen molar-refractivity contribution in [2.24, 2.45) is 5.92 Å². The quantitative estimate of drug-likeness (QED) is 0.736. The van der Waals surface area contributed by atoms with Gasteiger partial charge in [0.1, 0.15) is 0 Å². The molecule has 0 aliphatic rings. The van der Waals surface area contributed by atoms with E-state index in [4.69, 9.17) is 28.9 Å². The Balaban J connectivity index is 2.50. The molecular weight excluding hydrogens is 331 g/mol. The molecule has 1 unspecified atom stereocenters. The normalized spacial score (nSPS) is 12.4. The highest BCUT2D eigenvalue weighted by molar-refractivity contribution is 7.84. The van der Waals surface area contributed by atoms with Crippen molar-refractivity contribution in [1.82, 2.24) is 0 Å². The average molecular weight is 351 g/mol. The third-order valence-electron chi connectivity index (χ3n) is 2.83. The number of halogens is 2. The van der Waals surface area contributed by atoms with E-state index in [1.807, 2.05) is 0 Å². The summed E-state index contributed by atoms with van der Waals surface area (Å²) >= 11 is 11.8. The predicted molar refractivity (Wildman–Crippen MR) is 91.5 cm³/mol. The maximum atomic E-state index is 11.9. The van der Waals surface area contributed by atoms with Gasteiger partial charge in [0.05, 0.1) is 16.4 Å². The number of amides is 1. The zero-order chi connectivity index (χ0) is 16.0. The van der Waals surface area contributed by atoms with E-state index in [-0.39, 0.29) is 17.4 Å². The van der Waals surface area contributed by atoms with Gasteiger partial charge >= 0.3 is 0 Å². The Labute approximate surface area is 137 Å². The first-order valence-electron chi connectivity index (χ1n) is 6.69. The second-order valence-corrected chi connectivity index (χ2v) is 7.72. The maximum absolute atomic E-state index is 11.9. The summed E-state index contributed by atoms with van der Waals surface area (Å²) in [5.41, 5.74) is 6.42. The van der Waals surface area contributed by atoms with Crippen LogP contribution in [0, 0.1) is 5.92 Å². The van der Waals surface area contributed by atoms with Gasteiger partial charge in [0.25, 0.3) is 0 Å². The zero-order valence-electron chi connectivity index (χ0n) is 12.1. The van der Waals surface area contributed by atoms with Crippen molar-refractivity contribution in [2.75, 3.05) is 22.6 Å². The lowest BCUT2D eigenvalue weighted by molar-refractivity contribution is -0.115. The van der Waals surface area contributed by atoms with Crippen LogP contribution >= 0.6 is 23.2 Å². The van der Waals surface area contributed by atoms with Gasteiger partial charge < -0.3 is 11.1 Å². The minimum Gasteiger partial charge on any atom is -0.397 e. The summed E-state index contributed by atoms with van der Waals surface area (Å²) in [4.78, 5) is 11.9. The standard InChI is InChI=1S/C14H20Cl2N2O2S/c1-9(2)3-5-21(20)6-4-13(19)18-14-11(16)7-10(15)8-12(14)17/h7-9H,3-6,17H2,1-2H3,(H,18,19). The van der Waals surface area contributed by atoms with Crippen LogP contribution in [0.1, 0.15) is 26.7 Å². The van der Waals surface area contributed by atoms with Gasteiger partial charge in [0, 0.05) is 33.7 Å². The van der Waals surface area contributed by atoms with Gasteiger partial charge in [0.2, 0.25) is 5.91 Å². The molecule has 21 heavy (non-hydrogen) atoms. The second kappa shape index (κ2) is 8.61. The molecule has 0 saturated carbocycles. The molecule has 118 valence electrons. The van der Waals surface area contributed by atoms with Crippen LogP contribution < -0.4 is 11.1 Å². The fourth-order valence-electron chi connectivity index (χ4n) is 1.60. The number of rotatable bonds is 7. The Kier molecular flexibility index (Phi) is 7.49. The molecular formula is C14H20Cl2N2O2S. The molecule has 0 saturated heterocycles. The molecule has 1 aromatic carbocycles. The first-order valence-corrected chi connectivity index (χ1v) is 8.93. The molecule has 0 aliphatic carbocycles. The number of carbonyl (C=O) groups is 1. The van der Waals surface area contributed by atoms with Crippen molar-refractivity contribution >= 4 is 51.3 Å². The fraction of sp³-hybridized carbons (Fsp3) is 0.500. The lowest BCUT2D eigenvalue weighted by atomic mass is 10.2. The summed E-state index contributed by atoms with van der Waals surface area (Å²) in [5, 5.41) is 3.33. The number of hydrogen-bond donors (Lipinski definition) is 2. The highest BCUT2D eigenvalue weighted by Crippen LogP contribution is 2.32. The number of anilines is 2. The number of nitrogens with two attached hydrogens (primary N) is 1. The van der Waals surface area contributed by atoms with Crippen LogP contribution in [0.2, 0.25) is 10.0 Å². The molecule has 1 aromatic rings. The van der Waals surface area contributed by atoms with Gasteiger partial charge in [-0.2, -0.15) is 0 Å². The molecule has 1 rings (SSSR count). The third kappa shape index (κ3) is 6.68. The third-order valence-corrected chi connectivity index (χ3v) is 4.70. The summed E-state index contributed by atoms with van der Waals surface area (Å²) in [6.45, 7) is 4.16. The smallest absolute Gasteiger partial charge is 0.225 e. The zero-order valence-corrected chi connectivity index (χ0v) is 14.4.